The summed E-state index contributed by atoms with van der Waals surface area (Å²) in [6.45, 7) is 0.463. The van der Waals surface area contributed by atoms with Crippen molar-refractivity contribution in [2.75, 3.05) is 26.0 Å². The molecule has 1 heterocycles. The van der Waals surface area contributed by atoms with Gasteiger partial charge in [0.25, 0.3) is 0 Å². The second-order valence-electron chi connectivity index (χ2n) is 3.90. The zero-order valence-electron chi connectivity index (χ0n) is 9.88. The zero-order chi connectivity index (χ0) is 12.9. The van der Waals surface area contributed by atoms with Crippen molar-refractivity contribution in [2.24, 2.45) is 0 Å². The first-order chi connectivity index (χ1) is 7.90. The van der Waals surface area contributed by atoms with Crippen molar-refractivity contribution < 1.29 is 13.2 Å². The van der Waals surface area contributed by atoms with Crippen LogP contribution >= 0.6 is 0 Å². The van der Waals surface area contributed by atoms with Gasteiger partial charge in [-0.25, -0.2) is 4.98 Å². The van der Waals surface area contributed by atoms with E-state index in [4.69, 9.17) is 0 Å². The maximum Gasteiger partial charge on any atom is 0.390 e. The van der Waals surface area contributed by atoms with Gasteiger partial charge in [0.2, 0.25) is 0 Å². The summed E-state index contributed by atoms with van der Waals surface area (Å²) in [6, 6.07) is 3.65. The van der Waals surface area contributed by atoms with Crippen molar-refractivity contribution in [1.82, 2.24) is 9.88 Å². The Morgan fingerprint density at radius 2 is 2.06 bits per heavy atom. The summed E-state index contributed by atoms with van der Waals surface area (Å²) in [5.41, 5.74) is 0.897. The molecule has 0 radical (unpaired) electrons. The lowest BCUT2D eigenvalue weighted by molar-refractivity contribution is -0.137. The topological polar surface area (TPSA) is 28.2 Å². The summed E-state index contributed by atoms with van der Waals surface area (Å²) in [4.78, 5) is 5.73. The first-order valence-electron chi connectivity index (χ1n) is 5.28. The second-order valence-corrected chi connectivity index (χ2v) is 3.90. The number of anilines is 1. The van der Waals surface area contributed by atoms with Crippen LogP contribution < -0.4 is 5.32 Å². The van der Waals surface area contributed by atoms with E-state index in [2.05, 4.69) is 10.3 Å². The van der Waals surface area contributed by atoms with Gasteiger partial charge < -0.3 is 10.2 Å². The van der Waals surface area contributed by atoms with Crippen LogP contribution in [0.4, 0.5) is 19.0 Å². The minimum absolute atomic E-state index is 0.00270. The van der Waals surface area contributed by atoms with Gasteiger partial charge in [0.1, 0.15) is 5.82 Å². The fourth-order valence-electron chi connectivity index (χ4n) is 1.37. The summed E-state index contributed by atoms with van der Waals surface area (Å²) in [7, 11) is 3.43. The van der Waals surface area contributed by atoms with Crippen LogP contribution in [0.2, 0.25) is 0 Å². The Balaban J connectivity index is 2.42. The smallest absolute Gasteiger partial charge is 0.373 e. The van der Waals surface area contributed by atoms with Gasteiger partial charge in [-0.3, -0.25) is 0 Å². The molecule has 1 aromatic heterocycles. The van der Waals surface area contributed by atoms with Gasteiger partial charge in [-0.05, 0) is 18.7 Å². The van der Waals surface area contributed by atoms with Crippen LogP contribution in [0.25, 0.3) is 0 Å². The van der Waals surface area contributed by atoms with Crippen LogP contribution in [-0.4, -0.2) is 36.7 Å². The van der Waals surface area contributed by atoms with E-state index in [1.165, 1.54) is 0 Å². The molecule has 1 aromatic rings. The standard InChI is InChI=1S/C11H16F3N3/c1-15-10-4-3-9(7-16-10)8-17(2)6-5-11(12,13)14/h3-4,7H,5-6,8H2,1-2H3,(H,15,16). The van der Waals surface area contributed by atoms with E-state index in [0.717, 1.165) is 11.4 Å². The third-order valence-corrected chi connectivity index (χ3v) is 2.31. The van der Waals surface area contributed by atoms with Crippen LogP contribution in [0.1, 0.15) is 12.0 Å². The lowest BCUT2D eigenvalue weighted by atomic mass is 10.2. The van der Waals surface area contributed by atoms with Crippen LogP contribution in [0.3, 0.4) is 0 Å². The van der Waals surface area contributed by atoms with E-state index in [9.17, 15) is 13.2 Å². The maximum absolute atomic E-state index is 12.0. The largest absolute Gasteiger partial charge is 0.390 e. The number of alkyl halides is 3. The molecule has 0 spiro atoms. The number of rotatable bonds is 5. The van der Waals surface area contributed by atoms with E-state index in [-0.39, 0.29) is 6.54 Å². The van der Waals surface area contributed by atoms with Crippen LogP contribution in [0.15, 0.2) is 18.3 Å². The van der Waals surface area contributed by atoms with Crippen molar-refractivity contribution in [3.63, 3.8) is 0 Å². The number of nitrogens with one attached hydrogen (secondary N) is 1. The molecule has 0 atom stereocenters. The van der Waals surface area contributed by atoms with Gasteiger partial charge >= 0.3 is 6.18 Å². The number of nitrogens with zero attached hydrogens (tertiary/aromatic N) is 2. The number of hydrogen-bond acceptors (Lipinski definition) is 3. The third-order valence-electron chi connectivity index (χ3n) is 2.31. The minimum atomic E-state index is -4.09. The average Bonchev–Trinajstić information content (AvgIpc) is 2.27. The SMILES string of the molecule is CNc1ccc(CN(C)CCC(F)(F)F)cn1. The maximum atomic E-state index is 12.0. The Morgan fingerprint density at radius 1 is 1.35 bits per heavy atom. The van der Waals surface area contributed by atoms with Crippen molar-refractivity contribution >= 4 is 5.82 Å². The predicted molar refractivity (Wildman–Crippen MR) is 60.8 cm³/mol. The van der Waals surface area contributed by atoms with Crippen molar-refractivity contribution in [3.8, 4) is 0 Å². The first kappa shape index (κ1) is 13.8. The van der Waals surface area contributed by atoms with Crippen LogP contribution in [0, 0.1) is 0 Å². The molecule has 0 aliphatic heterocycles. The van der Waals surface area contributed by atoms with Gasteiger partial charge in [0, 0.05) is 26.3 Å². The highest BCUT2D eigenvalue weighted by molar-refractivity contribution is 5.34. The number of hydrogen-bond donors (Lipinski definition) is 1. The summed E-state index contributed by atoms with van der Waals surface area (Å²) >= 11 is 0. The molecule has 6 heteroatoms. The number of pyridine rings is 1. The normalized spacial score (nSPS) is 11.9. The molecule has 0 aromatic carbocycles. The predicted octanol–water partition coefficient (Wildman–Crippen LogP) is 2.51. The highest BCUT2D eigenvalue weighted by atomic mass is 19.4. The summed E-state index contributed by atoms with van der Waals surface area (Å²) in [5, 5.41) is 2.88. The molecule has 3 nitrogen and oxygen atoms in total. The molecule has 0 fully saturated rings. The Hall–Kier alpha value is -1.30. The first-order valence-corrected chi connectivity index (χ1v) is 5.28. The molecule has 0 aliphatic carbocycles. The Labute approximate surface area is 98.6 Å². The lowest BCUT2D eigenvalue weighted by Gasteiger charge is -2.17. The third kappa shape index (κ3) is 5.53. The summed E-state index contributed by atoms with van der Waals surface area (Å²) in [6.07, 6.45) is -3.22. The Bertz CT molecular complexity index is 335. The van der Waals surface area contributed by atoms with Gasteiger partial charge in [0.05, 0.1) is 6.42 Å². The van der Waals surface area contributed by atoms with Crippen LogP contribution in [-0.2, 0) is 6.54 Å². The Morgan fingerprint density at radius 3 is 2.53 bits per heavy atom. The van der Waals surface area contributed by atoms with Crippen LogP contribution in [0.5, 0.6) is 0 Å². The summed E-state index contributed by atoms with van der Waals surface area (Å²) < 4.78 is 36.0. The lowest BCUT2D eigenvalue weighted by Crippen LogP contribution is -2.24. The van der Waals surface area contributed by atoms with E-state index < -0.39 is 12.6 Å². The monoisotopic (exact) mass is 247 g/mol. The van der Waals surface area contributed by atoms with Gasteiger partial charge in [-0.1, -0.05) is 6.07 Å². The fraction of sp³-hybridized carbons (Fsp3) is 0.545. The van der Waals surface area contributed by atoms with Crippen molar-refractivity contribution in [2.45, 2.75) is 19.1 Å². The quantitative estimate of drug-likeness (QED) is 0.866. The molecule has 0 bridgehead atoms. The Kier molecular flexibility index (Phi) is 4.74. The number of halogens is 3. The molecule has 96 valence electrons. The zero-order valence-corrected chi connectivity index (χ0v) is 9.88. The van der Waals surface area contributed by atoms with E-state index in [1.54, 1.807) is 31.3 Å². The molecule has 0 saturated carbocycles. The van der Waals surface area contributed by atoms with Gasteiger partial charge in [-0.2, -0.15) is 13.2 Å². The molecule has 0 aliphatic rings. The average molecular weight is 247 g/mol. The minimum Gasteiger partial charge on any atom is -0.373 e. The molecular weight excluding hydrogens is 231 g/mol. The summed E-state index contributed by atoms with van der Waals surface area (Å²) in [5.74, 6) is 0.742. The molecule has 0 saturated heterocycles. The molecule has 0 amide bonds. The van der Waals surface area contributed by atoms with Gasteiger partial charge in [-0.15, -0.1) is 0 Å². The highest BCUT2D eigenvalue weighted by Gasteiger charge is 2.26. The van der Waals surface area contributed by atoms with Gasteiger partial charge in [0.15, 0.2) is 0 Å². The van der Waals surface area contributed by atoms with Crippen molar-refractivity contribution in [1.29, 1.82) is 0 Å². The number of aromatic nitrogens is 1. The highest BCUT2D eigenvalue weighted by Crippen LogP contribution is 2.19. The van der Waals surface area contributed by atoms with E-state index in [1.807, 2.05) is 6.07 Å². The van der Waals surface area contributed by atoms with E-state index >= 15 is 0 Å². The fourth-order valence-corrected chi connectivity index (χ4v) is 1.37. The molecule has 0 unspecified atom stereocenters. The molecular formula is C11H16F3N3. The molecule has 1 N–H and O–H groups in total. The molecule has 17 heavy (non-hydrogen) atoms. The van der Waals surface area contributed by atoms with E-state index in [0.29, 0.717) is 6.54 Å². The molecule has 1 rings (SSSR count). The van der Waals surface area contributed by atoms with Crippen molar-refractivity contribution in [3.05, 3.63) is 23.9 Å². The second kappa shape index (κ2) is 5.86.